The Labute approximate surface area is 180 Å². The fraction of sp³-hybridized carbons (Fsp3) is 0.435. The molecule has 0 aromatic heterocycles. The van der Waals surface area contributed by atoms with Gasteiger partial charge in [0.25, 0.3) is 5.91 Å². The summed E-state index contributed by atoms with van der Waals surface area (Å²) in [5.41, 5.74) is 1.63. The van der Waals surface area contributed by atoms with Gasteiger partial charge in [-0.1, -0.05) is 28.1 Å². The lowest BCUT2D eigenvalue weighted by molar-refractivity contribution is 0.0487. The molecule has 1 aliphatic rings. The molecular weight excluding hydrogens is 434 g/mol. The molecule has 6 heteroatoms. The first-order valence-electron chi connectivity index (χ1n) is 9.90. The van der Waals surface area contributed by atoms with E-state index in [2.05, 4.69) is 33.4 Å². The maximum Gasteiger partial charge on any atom is 0.251 e. The number of ether oxygens (including phenoxy) is 3. The molecular formula is C23H28BrNO4. The monoisotopic (exact) mass is 461 g/mol. The maximum atomic E-state index is 12.9. The molecule has 0 unspecified atom stereocenters. The molecule has 1 saturated heterocycles. The van der Waals surface area contributed by atoms with E-state index in [-0.39, 0.29) is 17.4 Å². The third-order valence-electron chi connectivity index (χ3n) is 5.26. The summed E-state index contributed by atoms with van der Waals surface area (Å²) in [7, 11) is 1.58. The summed E-state index contributed by atoms with van der Waals surface area (Å²) in [6.07, 6.45) is 1.77. The van der Waals surface area contributed by atoms with Gasteiger partial charge in [-0.25, -0.2) is 0 Å². The van der Waals surface area contributed by atoms with Crippen molar-refractivity contribution in [3.8, 4) is 11.5 Å². The third kappa shape index (κ3) is 5.31. The van der Waals surface area contributed by atoms with Gasteiger partial charge in [0.15, 0.2) is 11.5 Å². The first-order chi connectivity index (χ1) is 13.9. The predicted octanol–water partition coefficient (Wildman–Crippen LogP) is 4.72. The van der Waals surface area contributed by atoms with Crippen LogP contribution in [0.25, 0.3) is 0 Å². The zero-order valence-corrected chi connectivity index (χ0v) is 18.8. The summed E-state index contributed by atoms with van der Waals surface area (Å²) in [5.74, 6) is 1.06. The molecule has 1 N–H and O–H groups in total. The number of carbonyl (C=O) groups excluding carboxylic acids is 1. The Balaban J connectivity index is 1.77. The number of rotatable bonds is 7. The summed E-state index contributed by atoms with van der Waals surface area (Å²) >= 11 is 3.56. The van der Waals surface area contributed by atoms with Gasteiger partial charge in [-0.05, 0) is 62.6 Å². The molecule has 5 nitrogen and oxygen atoms in total. The number of amides is 1. The van der Waals surface area contributed by atoms with Crippen LogP contribution >= 0.6 is 15.9 Å². The smallest absolute Gasteiger partial charge is 0.251 e. The van der Waals surface area contributed by atoms with Crippen molar-refractivity contribution < 1.29 is 19.0 Å². The quantitative estimate of drug-likeness (QED) is 0.647. The Morgan fingerprint density at radius 1 is 1.17 bits per heavy atom. The lowest BCUT2D eigenvalue weighted by atomic mass is 9.74. The highest BCUT2D eigenvalue weighted by molar-refractivity contribution is 9.10. The number of halogens is 1. The van der Waals surface area contributed by atoms with Crippen molar-refractivity contribution >= 4 is 21.8 Å². The molecule has 2 aromatic rings. The Bertz CT molecular complexity index is 847. The minimum Gasteiger partial charge on any atom is -0.493 e. The van der Waals surface area contributed by atoms with E-state index in [1.54, 1.807) is 25.3 Å². The van der Waals surface area contributed by atoms with Gasteiger partial charge in [-0.2, -0.15) is 0 Å². The first kappa shape index (κ1) is 21.7. The standard InChI is InChI=1S/C23H28BrNO4/c1-16(2)29-20-8-7-17(13-21(20)27-3)22(26)25-15-23(9-11-28-12-10-23)18-5-4-6-19(24)14-18/h4-8,13-14,16H,9-12,15H2,1-3H3,(H,25,26). The molecule has 0 saturated carbocycles. The highest BCUT2D eigenvalue weighted by Crippen LogP contribution is 2.36. The molecule has 0 radical (unpaired) electrons. The summed E-state index contributed by atoms with van der Waals surface area (Å²) in [6, 6.07) is 13.6. The number of nitrogens with one attached hydrogen (secondary N) is 1. The van der Waals surface area contributed by atoms with Crippen molar-refractivity contribution in [3.05, 3.63) is 58.1 Å². The van der Waals surface area contributed by atoms with E-state index in [1.807, 2.05) is 26.0 Å². The SMILES string of the molecule is COc1cc(C(=O)NCC2(c3cccc(Br)c3)CCOCC2)ccc1OC(C)C. The number of hydrogen-bond donors (Lipinski definition) is 1. The fourth-order valence-corrected chi connectivity index (χ4v) is 4.06. The molecule has 1 fully saturated rings. The summed E-state index contributed by atoms with van der Waals surface area (Å²) < 4.78 is 17.8. The Morgan fingerprint density at radius 2 is 1.93 bits per heavy atom. The minimum absolute atomic E-state index is 0.0298. The molecule has 3 rings (SSSR count). The molecule has 1 heterocycles. The van der Waals surface area contributed by atoms with Crippen molar-refractivity contribution in [2.75, 3.05) is 26.9 Å². The molecule has 1 aliphatic heterocycles. The maximum absolute atomic E-state index is 12.9. The van der Waals surface area contributed by atoms with E-state index >= 15 is 0 Å². The second-order valence-corrected chi connectivity index (χ2v) is 8.53. The van der Waals surface area contributed by atoms with Gasteiger partial charge in [0, 0.05) is 35.2 Å². The van der Waals surface area contributed by atoms with Gasteiger partial charge >= 0.3 is 0 Å². The van der Waals surface area contributed by atoms with Crippen LogP contribution in [0.1, 0.15) is 42.6 Å². The van der Waals surface area contributed by atoms with Crippen molar-refractivity contribution in [1.29, 1.82) is 0 Å². The van der Waals surface area contributed by atoms with Gasteiger partial charge < -0.3 is 19.5 Å². The zero-order valence-electron chi connectivity index (χ0n) is 17.2. The number of benzene rings is 2. The van der Waals surface area contributed by atoms with Crippen molar-refractivity contribution in [3.63, 3.8) is 0 Å². The van der Waals surface area contributed by atoms with Crippen LogP contribution in [0.4, 0.5) is 0 Å². The second kappa shape index (κ2) is 9.63. The molecule has 29 heavy (non-hydrogen) atoms. The van der Waals surface area contributed by atoms with Crippen molar-refractivity contribution in [2.24, 2.45) is 0 Å². The van der Waals surface area contributed by atoms with E-state index in [0.29, 0.717) is 36.8 Å². The lowest BCUT2D eigenvalue weighted by Crippen LogP contribution is -2.44. The average molecular weight is 462 g/mol. The second-order valence-electron chi connectivity index (χ2n) is 7.62. The molecule has 0 atom stereocenters. The largest absolute Gasteiger partial charge is 0.493 e. The average Bonchev–Trinajstić information content (AvgIpc) is 2.72. The lowest BCUT2D eigenvalue weighted by Gasteiger charge is -2.38. The van der Waals surface area contributed by atoms with E-state index in [4.69, 9.17) is 14.2 Å². The van der Waals surface area contributed by atoms with Gasteiger partial charge in [0.1, 0.15) is 0 Å². The molecule has 2 aromatic carbocycles. The van der Waals surface area contributed by atoms with E-state index in [9.17, 15) is 4.79 Å². The Kier molecular flexibility index (Phi) is 7.19. The molecule has 156 valence electrons. The van der Waals surface area contributed by atoms with E-state index < -0.39 is 0 Å². The van der Waals surface area contributed by atoms with Crippen LogP contribution in [0, 0.1) is 0 Å². The van der Waals surface area contributed by atoms with Crippen molar-refractivity contribution in [1.82, 2.24) is 5.32 Å². The fourth-order valence-electron chi connectivity index (χ4n) is 3.66. The Morgan fingerprint density at radius 3 is 2.59 bits per heavy atom. The van der Waals surface area contributed by atoms with Gasteiger partial charge in [0.2, 0.25) is 0 Å². The van der Waals surface area contributed by atoms with Gasteiger partial charge in [-0.3, -0.25) is 4.79 Å². The van der Waals surface area contributed by atoms with Crippen LogP contribution < -0.4 is 14.8 Å². The van der Waals surface area contributed by atoms with Crippen LogP contribution in [0.15, 0.2) is 46.9 Å². The van der Waals surface area contributed by atoms with Gasteiger partial charge in [0.05, 0.1) is 13.2 Å². The van der Waals surface area contributed by atoms with Crippen molar-refractivity contribution in [2.45, 2.75) is 38.2 Å². The number of methoxy groups -OCH3 is 1. The summed E-state index contributed by atoms with van der Waals surface area (Å²) in [6.45, 7) is 5.84. The van der Waals surface area contributed by atoms with E-state index in [1.165, 1.54) is 5.56 Å². The minimum atomic E-state index is -0.136. The molecule has 1 amide bonds. The summed E-state index contributed by atoms with van der Waals surface area (Å²) in [5, 5.41) is 3.13. The van der Waals surface area contributed by atoms with Crippen LogP contribution in [0.5, 0.6) is 11.5 Å². The van der Waals surface area contributed by atoms with Crippen LogP contribution in [-0.4, -0.2) is 38.9 Å². The molecule has 0 spiro atoms. The number of hydrogen-bond acceptors (Lipinski definition) is 4. The number of carbonyl (C=O) groups is 1. The van der Waals surface area contributed by atoms with Crippen LogP contribution in [-0.2, 0) is 10.2 Å². The normalized spacial score (nSPS) is 15.8. The highest BCUT2D eigenvalue weighted by atomic mass is 79.9. The van der Waals surface area contributed by atoms with E-state index in [0.717, 1.165) is 17.3 Å². The first-order valence-corrected chi connectivity index (χ1v) is 10.7. The van der Waals surface area contributed by atoms with Gasteiger partial charge in [-0.15, -0.1) is 0 Å². The highest BCUT2D eigenvalue weighted by Gasteiger charge is 2.35. The predicted molar refractivity (Wildman–Crippen MR) is 117 cm³/mol. The molecule has 0 aliphatic carbocycles. The third-order valence-corrected chi connectivity index (χ3v) is 5.76. The molecule has 0 bridgehead atoms. The topological polar surface area (TPSA) is 56.8 Å². The van der Waals surface area contributed by atoms with Crippen LogP contribution in [0.2, 0.25) is 0 Å². The zero-order chi connectivity index (χ0) is 20.9. The Hall–Kier alpha value is -2.05. The van der Waals surface area contributed by atoms with Crippen LogP contribution in [0.3, 0.4) is 0 Å². The summed E-state index contributed by atoms with van der Waals surface area (Å²) in [4.78, 5) is 12.9.